The normalized spacial score (nSPS) is 10.5. The van der Waals surface area contributed by atoms with Crippen LogP contribution in [0.5, 0.6) is 5.75 Å². The van der Waals surface area contributed by atoms with E-state index in [0.29, 0.717) is 18.0 Å². The Morgan fingerprint density at radius 1 is 1.32 bits per heavy atom. The summed E-state index contributed by atoms with van der Waals surface area (Å²) in [4.78, 5) is 11.9. The van der Waals surface area contributed by atoms with Crippen molar-refractivity contribution in [2.24, 2.45) is 0 Å². The topological polar surface area (TPSA) is 38.3 Å². The van der Waals surface area contributed by atoms with E-state index in [1.807, 2.05) is 26.0 Å². The number of hydrogen-bond acceptors (Lipinski definition) is 2. The quantitative estimate of drug-likeness (QED) is 0.585. The summed E-state index contributed by atoms with van der Waals surface area (Å²) in [5, 5.41) is 2.90. The van der Waals surface area contributed by atoms with Gasteiger partial charge >= 0.3 is 0 Å². The molecule has 0 radical (unpaired) electrons. The molecule has 1 N–H and O–H groups in total. The highest BCUT2D eigenvalue weighted by molar-refractivity contribution is 6.17. The molecule has 0 aromatic heterocycles. The molecule has 0 fully saturated rings. The van der Waals surface area contributed by atoms with Crippen molar-refractivity contribution in [1.82, 2.24) is 5.32 Å². The Morgan fingerprint density at radius 3 is 2.79 bits per heavy atom. The maximum atomic E-state index is 11.9. The van der Waals surface area contributed by atoms with Crippen molar-refractivity contribution in [2.45, 2.75) is 39.2 Å². The highest BCUT2D eigenvalue weighted by Crippen LogP contribution is 2.14. The van der Waals surface area contributed by atoms with Gasteiger partial charge in [0.05, 0.1) is 6.10 Å². The number of carbonyl (C=O) groups is 1. The van der Waals surface area contributed by atoms with Crippen LogP contribution in [0.3, 0.4) is 0 Å². The first-order valence-electron chi connectivity index (χ1n) is 6.74. The van der Waals surface area contributed by atoms with Crippen molar-refractivity contribution in [3.05, 3.63) is 29.8 Å². The lowest BCUT2D eigenvalue weighted by Gasteiger charge is -2.11. The minimum absolute atomic E-state index is 0.0555. The maximum Gasteiger partial charge on any atom is 0.251 e. The third-order valence-corrected chi connectivity index (χ3v) is 2.83. The molecule has 3 nitrogen and oxygen atoms in total. The molecule has 0 spiro atoms. The molecule has 106 valence electrons. The minimum atomic E-state index is -0.0555. The van der Waals surface area contributed by atoms with Crippen LogP contribution in [0.4, 0.5) is 0 Å². The standard InChI is InChI=1S/C15H22ClNO2/c1-12(2)19-14-8-6-7-13(11-14)15(18)17-10-5-3-4-9-16/h6-8,11-12H,3-5,9-10H2,1-2H3,(H,17,18). The predicted molar refractivity (Wildman–Crippen MR) is 79.1 cm³/mol. The molecule has 0 saturated carbocycles. The van der Waals surface area contributed by atoms with E-state index in [1.54, 1.807) is 12.1 Å². The van der Waals surface area contributed by atoms with Crippen LogP contribution in [0.2, 0.25) is 0 Å². The second kappa shape index (κ2) is 8.81. The Hall–Kier alpha value is -1.22. The molecule has 0 saturated heterocycles. The van der Waals surface area contributed by atoms with Crippen molar-refractivity contribution >= 4 is 17.5 Å². The van der Waals surface area contributed by atoms with Gasteiger partial charge in [-0.15, -0.1) is 11.6 Å². The van der Waals surface area contributed by atoms with E-state index in [1.165, 1.54) is 0 Å². The Morgan fingerprint density at radius 2 is 2.11 bits per heavy atom. The number of hydrogen-bond donors (Lipinski definition) is 1. The number of rotatable bonds is 8. The van der Waals surface area contributed by atoms with Crippen LogP contribution in [0.15, 0.2) is 24.3 Å². The second-order valence-electron chi connectivity index (χ2n) is 4.70. The van der Waals surface area contributed by atoms with Crippen LogP contribution < -0.4 is 10.1 Å². The summed E-state index contributed by atoms with van der Waals surface area (Å²) < 4.78 is 5.57. The number of carbonyl (C=O) groups excluding carboxylic acids is 1. The number of amides is 1. The molecule has 1 amide bonds. The first kappa shape index (κ1) is 15.8. The van der Waals surface area contributed by atoms with Crippen LogP contribution >= 0.6 is 11.6 Å². The lowest BCUT2D eigenvalue weighted by Crippen LogP contribution is -2.24. The van der Waals surface area contributed by atoms with E-state index < -0.39 is 0 Å². The summed E-state index contributed by atoms with van der Waals surface area (Å²) in [5.41, 5.74) is 0.635. The molecule has 1 aromatic rings. The molecule has 0 atom stereocenters. The van der Waals surface area contributed by atoms with Gasteiger partial charge in [0.2, 0.25) is 0 Å². The van der Waals surface area contributed by atoms with E-state index in [0.717, 1.165) is 25.0 Å². The molecule has 1 rings (SSSR count). The molecular weight excluding hydrogens is 262 g/mol. The van der Waals surface area contributed by atoms with Gasteiger partial charge in [-0.25, -0.2) is 0 Å². The molecule has 0 heterocycles. The maximum absolute atomic E-state index is 11.9. The minimum Gasteiger partial charge on any atom is -0.491 e. The first-order chi connectivity index (χ1) is 9.13. The zero-order valence-electron chi connectivity index (χ0n) is 11.6. The van der Waals surface area contributed by atoms with Crippen molar-refractivity contribution in [3.8, 4) is 5.75 Å². The van der Waals surface area contributed by atoms with Gasteiger partial charge in [0, 0.05) is 18.0 Å². The summed E-state index contributed by atoms with van der Waals surface area (Å²) in [7, 11) is 0. The summed E-state index contributed by atoms with van der Waals surface area (Å²) in [5.74, 6) is 1.35. The Balaban J connectivity index is 2.43. The number of halogens is 1. The summed E-state index contributed by atoms with van der Waals surface area (Å²) in [6.07, 6.45) is 3.10. The summed E-state index contributed by atoms with van der Waals surface area (Å²) in [6.45, 7) is 4.61. The van der Waals surface area contributed by atoms with Crippen molar-refractivity contribution in [2.75, 3.05) is 12.4 Å². The number of unbranched alkanes of at least 4 members (excludes halogenated alkanes) is 2. The van der Waals surface area contributed by atoms with E-state index in [-0.39, 0.29) is 12.0 Å². The smallest absolute Gasteiger partial charge is 0.251 e. The van der Waals surface area contributed by atoms with Gasteiger partial charge in [0.1, 0.15) is 5.75 Å². The van der Waals surface area contributed by atoms with Crippen LogP contribution in [0.25, 0.3) is 0 Å². The number of benzene rings is 1. The third kappa shape index (κ3) is 6.48. The number of nitrogens with one attached hydrogen (secondary N) is 1. The molecule has 0 bridgehead atoms. The van der Waals surface area contributed by atoms with Gasteiger partial charge in [-0.1, -0.05) is 12.5 Å². The van der Waals surface area contributed by atoms with Gasteiger partial charge in [-0.3, -0.25) is 4.79 Å². The fourth-order valence-corrected chi connectivity index (χ4v) is 1.87. The molecule has 0 aliphatic heterocycles. The highest BCUT2D eigenvalue weighted by Gasteiger charge is 2.06. The number of ether oxygens (including phenoxy) is 1. The fraction of sp³-hybridized carbons (Fsp3) is 0.533. The second-order valence-corrected chi connectivity index (χ2v) is 5.08. The van der Waals surface area contributed by atoms with Crippen molar-refractivity contribution in [3.63, 3.8) is 0 Å². The Kier molecular flexibility index (Phi) is 7.34. The average molecular weight is 284 g/mol. The monoisotopic (exact) mass is 283 g/mol. The van der Waals surface area contributed by atoms with E-state index in [2.05, 4.69) is 5.32 Å². The molecule has 19 heavy (non-hydrogen) atoms. The lowest BCUT2D eigenvalue weighted by molar-refractivity contribution is 0.0952. The molecule has 0 unspecified atom stereocenters. The average Bonchev–Trinajstić information content (AvgIpc) is 2.38. The Labute approximate surface area is 120 Å². The molecule has 0 aliphatic rings. The SMILES string of the molecule is CC(C)Oc1cccc(C(=O)NCCCCCCl)c1. The lowest BCUT2D eigenvalue weighted by atomic mass is 10.2. The zero-order chi connectivity index (χ0) is 14.1. The van der Waals surface area contributed by atoms with Gasteiger partial charge in [0.25, 0.3) is 5.91 Å². The van der Waals surface area contributed by atoms with Crippen LogP contribution in [0.1, 0.15) is 43.5 Å². The molecule has 1 aromatic carbocycles. The zero-order valence-corrected chi connectivity index (χ0v) is 12.4. The summed E-state index contributed by atoms with van der Waals surface area (Å²) in [6, 6.07) is 7.26. The van der Waals surface area contributed by atoms with E-state index in [9.17, 15) is 4.79 Å². The summed E-state index contributed by atoms with van der Waals surface area (Å²) >= 11 is 5.60. The molecule has 0 aliphatic carbocycles. The fourth-order valence-electron chi connectivity index (χ4n) is 1.68. The Bertz CT molecular complexity index is 393. The third-order valence-electron chi connectivity index (χ3n) is 2.56. The predicted octanol–water partition coefficient (Wildman–Crippen LogP) is 3.61. The van der Waals surface area contributed by atoms with Crippen molar-refractivity contribution < 1.29 is 9.53 Å². The largest absolute Gasteiger partial charge is 0.491 e. The van der Waals surface area contributed by atoms with E-state index in [4.69, 9.17) is 16.3 Å². The molecular formula is C15H22ClNO2. The van der Waals surface area contributed by atoms with Crippen LogP contribution in [-0.2, 0) is 0 Å². The molecule has 4 heteroatoms. The highest BCUT2D eigenvalue weighted by atomic mass is 35.5. The first-order valence-corrected chi connectivity index (χ1v) is 7.28. The van der Waals surface area contributed by atoms with Gasteiger partial charge in [-0.2, -0.15) is 0 Å². The van der Waals surface area contributed by atoms with Crippen molar-refractivity contribution in [1.29, 1.82) is 0 Å². The van der Waals surface area contributed by atoms with Crippen LogP contribution in [0, 0.1) is 0 Å². The number of alkyl halides is 1. The van der Waals surface area contributed by atoms with Crippen LogP contribution in [-0.4, -0.2) is 24.4 Å². The van der Waals surface area contributed by atoms with Gasteiger partial charge in [-0.05, 0) is 44.9 Å². The van der Waals surface area contributed by atoms with E-state index >= 15 is 0 Å². The van der Waals surface area contributed by atoms with Gasteiger partial charge in [0.15, 0.2) is 0 Å². The van der Waals surface area contributed by atoms with Gasteiger partial charge < -0.3 is 10.1 Å².